The maximum absolute atomic E-state index is 5.85. The van der Waals surface area contributed by atoms with Gasteiger partial charge in [0.25, 0.3) is 0 Å². The van der Waals surface area contributed by atoms with Crippen molar-refractivity contribution in [1.29, 1.82) is 0 Å². The second-order valence-electron chi connectivity index (χ2n) is 7.45. The first kappa shape index (κ1) is 18.9. The van der Waals surface area contributed by atoms with Crippen LogP contribution >= 0.6 is 12.2 Å². The van der Waals surface area contributed by atoms with Crippen LogP contribution in [0.15, 0.2) is 54.6 Å². The number of methoxy groups -OCH3 is 1. The zero-order valence-corrected chi connectivity index (χ0v) is 17.2. The monoisotopic (exact) mass is 394 g/mol. The van der Waals surface area contributed by atoms with E-state index >= 15 is 0 Å². The third-order valence-corrected chi connectivity index (χ3v) is 5.81. The van der Waals surface area contributed by atoms with Gasteiger partial charge in [0.1, 0.15) is 5.75 Å². The number of rotatable bonds is 5. The molecular weight excluding hydrogens is 368 g/mol. The first-order valence-electron chi connectivity index (χ1n) is 9.78. The number of hydrogen-bond acceptors (Lipinski definition) is 4. The molecule has 28 heavy (non-hydrogen) atoms. The summed E-state index contributed by atoms with van der Waals surface area (Å²) in [7, 11) is 1.68. The Morgan fingerprint density at radius 2 is 1.71 bits per heavy atom. The average molecular weight is 395 g/mol. The van der Waals surface area contributed by atoms with E-state index in [9.17, 15) is 0 Å². The Kier molecular flexibility index (Phi) is 5.59. The Bertz CT molecular complexity index is 970. The van der Waals surface area contributed by atoms with Crippen LogP contribution in [0.2, 0.25) is 0 Å². The van der Waals surface area contributed by atoms with E-state index in [-0.39, 0.29) is 0 Å². The highest BCUT2D eigenvalue weighted by molar-refractivity contribution is 7.71. The van der Waals surface area contributed by atoms with E-state index in [4.69, 9.17) is 22.1 Å². The van der Waals surface area contributed by atoms with E-state index in [1.807, 2.05) is 47.1 Å². The summed E-state index contributed by atoms with van der Waals surface area (Å²) in [6.45, 7) is 5.25. The van der Waals surface area contributed by atoms with Gasteiger partial charge in [-0.1, -0.05) is 25.1 Å². The van der Waals surface area contributed by atoms with Crippen LogP contribution in [0.1, 0.15) is 19.8 Å². The summed E-state index contributed by atoms with van der Waals surface area (Å²) in [5, 5.41) is 4.92. The van der Waals surface area contributed by atoms with Crippen LogP contribution in [0.4, 0.5) is 0 Å². The van der Waals surface area contributed by atoms with Gasteiger partial charge in [0.2, 0.25) is 4.77 Å². The first-order chi connectivity index (χ1) is 13.7. The molecule has 5 nitrogen and oxygen atoms in total. The minimum atomic E-state index is 0.718. The van der Waals surface area contributed by atoms with Crippen LogP contribution < -0.4 is 4.74 Å². The van der Waals surface area contributed by atoms with Crippen molar-refractivity contribution in [3.05, 3.63) is 59.4 Å². The van der Waals surface area contributed by atoms with E-state index in [0.717, 1.165) is 53.3 Å². The summed E-state index contributed by atoms with van der Waals surface area (Å²) in [6.07, 6.45) is 2.47. The lowest BCUT2D eigenvalue weighted by Gasteiger charge is -2.29. The summed E-state index contributed by atoms with van der Waals surface area (Å²) in [5.74, 6) is 2.49. The average Bonchev–Trinajstić information content (AvgIpc) is 3.06. The van der Waals surface area contributed by atoms with E-state index in [1.54, 1.807) is 7.11 Å². The van der Waals surface area contributed by atoms with Gasteiger partial charge in [0, 0.05) is 24.3 Å². The molecule has 1 aliphatic rings. The number of likely N-dealkylation sites (tertiary alicyclic amines) is 1. The third kappa shape index (κ3) is 3.88. The lowest BCUT2D eigenvalue weighted by atomic mass is 10.00. The normalized spacial score (nSPS) is 15.6. The van der Waals surface area contributed by atoms with Crippen molar-refractivity contribution >= 4 is 12.2 Å². The molecular formula is C22H26N4OS. The maximum Gasteiger partial charge on any atom is 0.204 e. The second-order valence-corrected chi connectivity index (χ2v) is 7.81. The second kappa shape index (κ2) is 8.29. The summed E-state index contributed by atoms with van der Waals surface area (Å²) < 4.78 is 10.0. The first-order valence-corrected chi connectivity index (χ1v) is 10.2. The number of piperidine rings is 1. The third-order valence-electron chi connectivity index (χ3n) is 5.41. The van der Waals surface area contributed by atoms with Crippen LogP contribution in [0, 0.1) is 10.7 Å². The van der Waals surface area contributed by atoms with Gasteiger partial charge < -0.3 is 4.74 Å². The molecule has 1 aliphatic heterocycles. The largest absolute Gasteiger partial charge is 0.497 e. The van der Waals surface area contributed by atoms with E-state index in [2.05, 4.69) is 28.5 Å². The molecule has 0 radical (unpaired) electrons. The van der Waals surface area contributed by atoms with Crippen LogP contribution in [-0.4, -0.2) is 39.4 Å². The quantitative estimate of drug-likeness (QED) is 0.584. The van der Waals surface area contributed by atoms with E-state index < -0.39 is 0 Å². The fourth-order valence-corrected chi connectivity index (χ4v) is 3.92. The molecule has 1 aromatic heterocycles. The van der Waals surface area contributed by atoms with Gasteiger partial charge >= 0.3 is 0 Å². The van der Waals surface area contributed by atoms with Crippen molar-refractivity contribution in [3.8, 4) is 22.8 Å². The number of nitrogens with zero attached hydrogens (tertiary/aromatic N) is 4. The highest BCUT2D eigenvalue weighted by atomic mass is 32.1. The minimum absolute atomic E-state index is 0.718. The fraction of sp³-hybridized carbons (Fsp3) is 0.364. The Morgan fingerprint density at radius 3 is 2.36 bits per heavy atom. The molecule has 0 aliphatic carbocycles. The molecule has 2 aromatic carbocycles. The molecule has 0 unspecified atom stereocenters. The van der Waals surface area contributed by atoms with Crippen molar-refractivity contribution < 1.29 is 4.74 Å². The lowest BCUT2D eigenvalue weighted by Crippen LogP contribution is -2.34. The predicted molar refractivity (Wildman–Crippen MR) is 114 cm³/mol. The van der Waals surface area contributed by atoms with Gasteiger partial charge in [-0.2, -0.15) is 0 Å². The maximum atomic E-state index is 5.85. The van der Waals surface area contributed by atoms with Crippen LogP contribution in [0.25, 0.3) is 17.1 Å². The molecule has 4 rings (SSSR count). The van der Waals surface area contributed by atoms with E-state index in [0.29, 0.717) is 0 Å². The molecule has 0 saturated carbocycles. The fourth-order valence-electron chi connectivity index (χ4n) is 3.63. The molecule has 1 saturated heterocycles. The van der Waals surface area contributed by atoms with Gasteiger partial charge in [0.15, 0.2) is 5.82 Å². The summed E-state index contributed by atoms with van der Waals surface area (Å²) in [5.41, 5.74) is 2.04. The highest BCUT2D eigenvalue weighted by Crippen LogP contribution is 2.25. The van der Waals surface area contributed by atoms with E-state index in [1.165, 1.54) is 12.8 Å². The molecule has 0 atom stereocenters. The van der Waals surface area contributed by atoms with Gasteiger partial charge in [-0.05, 0) is 67.4 Å². The Hall–Kier alpha value is -2.44. The van der Waals surface area contributed by atoms with Crippen molar-refractivity contribution in [3.63, 3.8) is 0 Å². The molecule has 1 fully saturated rings. The topological polar surface area (TPSA) is 35.2 Å². The highest BCUT2D eigenvalue weighted by Gasteiger charge is 2.19. The van der Waals surface area contributed by atoms with Gasteiger partial charge in [-0.15, -0.1) is 5.10 Å². The summed E-state index contributed by atoms with van der Waals surface area (Å²) in [6, 6.07) is 18.2. The lowest BCUT2D eigenvalue weighted by molar-refractivity contribution is 0.146. The van der Waals surface area contributed by atoms with Crippen molar-refractivity contribution in [1.82, 2.24) is 19.2 Å². The molecule has 0 bridgehead atoms. The van der Waals surface area contributed by atoms with Crippen LogP contribution in [0.3, 0.4) is 0 Å². The Balaban J connectivity index is 1.74. The number of benzene rings is 2. The summed E-state index contributed by atoms with van der Waals surface area (Å²) >= 11 is 5.85. The van der Waals surface area contributed by atoms with Gasteiger partial charge in [-0.3, -0.25) is 9.47 Å². The molecule has 3 aromatic rings. The molecule has 0 N–H and O–H groups in total. The predicted octanol–water partition coefficient (Wildman–Crippen LogP) is 4.77. The number of hydrogen-bond donors (Lipinski definition) is 0. The molecule has 2 heterocycles. The zero-order chi connectivity index (χ0) is 19.5. The molecule has 0 spiro atoms. The minimum Gasteiger partial charge on any atom is -0.497 e. The van der Waals surface area contributed by atoms with Crippen molar-refractivity contribution in [2.45, 2.75) is 26.4 Å². The summed E-state index contributed by atoms with van der Waals surface area (Å²) in [4.78, 5) is 2.44. The number of ether oxygens (including phenoxy) is 1. The van der Waals surface area contributed by atoms with Crippen LogP contribution in [-0.2, 0) is 6.67 Å². The molecule has 6 heteroatoms. The van der Waals surface area contributed by atoms with Gasteiger partial charge in [-0.25, -0.2) is 4.68 Å². The zero-order valence-electron chi connectivity index (χ0n) is 16.4. The molecule has 0 amide bonds. The molecule has 146 valence electrons. The number of para-hydroxylation sites is 1. The van der Waals surface area contributed by atoms with Gasteiger partial charge in [0.05, 0.1) is 13.8 Å². The Morgan fingerprint density at radius 1 is 1.04 bits per heavy atom. The van der Waals surface area contributed by atoms with Crippen molar-refractivity contribution in [2.75, 3.05) is 20.2 Å². The smallest absolute Gasteiger partial charge is 0.204 e. The standard InChI is InChI=1S/C22H26N4OS/c1-17-12-14-24(15-13-17)16-25-22(28)26(19-6-4-3-5-7-19)21(23-25)18-8-10-20(27-2)11-9-18/h3-11,17H,12-16H2,1-2H3. The SMILES string of the molecule is COc1ccc(-c2nn(CN3CCC(C)CC3)c(=S)n2-c2ccccc2)cc1. The Labute approximate surface area is 171 Å². The van der Waals surface area contributed by atoms with Crippen LogP contribution in [0.5, 0.6) is 5.75 Å². The number of aromatic nitrogens is 3. The van der Waals surface area contributed by atoms with Crippen molar-refractivity contribution in [2.24, 2.45) is 5.92 Å².